The molecule has 8 heteroatoms. The summed E-state index contributed by atoms with van der Waals surface area (Å²) < 4.78 is 15.5. The highest BCUT2D eigenvalue weighted by molar-refractivity contribution is 5.97. The van der Waals surface area contributed by atoms with Crippen molar-refractivity contribution in [3.63, 3.8) is 0 Å². The van der Waals surface area contributed by atoms with E-state index in [4.69, 9.17) is 14.0 Å². The van der Waals surface area contributed by atoms with E-state index in [1.165, 1.54) is 0 Å². The summed E-state index contributed by atoms with van der Waals surface area (Å²) in [4.78, 5) is 29.0. The summed E-state index contributed by atoms with van der Waals surface area (Å²) in [7, 11) is 3.09. The average molecular weight is 373 g/mol. The van der Waals surface area contributed by atoms with Crippen molar-refractivity contribution >= 4 is 11.8 Å². The number of rotatable bonds is 4. The number of amides is 2. The number of hydrogen-bond donors (Lipinski definition) is 0. The molecule has 0 bridgehead atoms. The van der Waals surface area contributed by atoms with Crippen LogP contribution in [0.25, 0.3) is 0 Å². The molecule has 1 aromatic carbocycles. The van der Waals surface area contributed by atoms with Crippen molar-refractivity contribution in [3.05, 3.63) is 40.8 Å². The highest BCUT2D eigenvalue weighted by atomic mass is 16.5. The van der Waals surface area contributed by atoms with E-state index in [2.05, 4.69) is 5.16 Å². The number of ether oxygens (including phenoxy) is 2. The van der Waals surface area contributed by atoms with E-state index in [9.17, 15) is 9.59 Å². The van der Waals surface area contributed by atoms with Crippen LogP contribution in [0, 0.1) is 13.8 Å². The minimum atomic E-state index is -0.114. The van der Waals surface area contributed by atoms with E-state index in [1.54, 1.807) is 56.1 Å². The molecule has 0 unspecified atom stereocenters. The number of piperazine rings is 1. The molecule has 27 heavy (non-hydrogen) atoms. The monoisotopic (exact) mass is 373 g/mol. The van der Waals surface area contributed by atoms with Crippen LogP contribution in [0.15, 0.2) is 22.7 Å². The largest absolute Gasteiger partial charge is 0.497 e. The Morgan fingerprint density at radius 1 is 0.926 bits per heavy atom. The van der Waals surface area contributed by atoms with E-state index >= 15 is 0 Å². The first-order chi connectivity index (χ1) is 12.9. The number of aryl methyl sites for hydroxylation is 2. The highest BCUT2D eigenvalue weighted by Crippen LogP contribution is 2.24. The molecule has 2 aromatic rings. The van der Waals surface area contributed by atoms with Gasteiger partial charge in [-0.05, 0) is 26.0 Å². The lowest BCUT2D eigenvalue weighted by molar-refractivity contribution is 0.0533. The summed E-state index contributed by atoms with van der Waals surface area (Å²) in [6.45, 7) is 5.29. The molecule has 3 rings (SSSR count). The zero-order valence-corrected chi connectivity index (χ0v) is 15.9. The Balaban J connectivity index is 1.69. The molecule has 0 N–H and O–H groups in total. The molecule has 0 saturated carbocycles. The molecule has 2 heterocycles. The van der Waals surface area contributed by atoms with Gasteiger partial charge in [0.2, 0.25) is 0 Å². The van der Waals surface area contributed by atoms with E-state index in [0.29, 0.717) is 60.3 Å². The zero-order chi connectivity index (χ0) is 19.6. The number of methoxy groups -OCH3 is 2. The molecule has 1 aliphatic rings. The molecule has 8 nitrogen and oxygen atoms in total. The molecule has 2 amide bonds. The van der Waals surface area contributed by atoms with Gasteiger partial charge < -0.3 is 23.8 Å². The number of hydrogen-bond acceptors (Lipinski definition) is 6. The van der Waals surface area contributed by atoms with Crippen LogP contribution in [0.3, 0.4) is 0 Å². The van der Waals surface area contributed by atoms with Gasteiger partial charge in [0, 0.05) is 37.8 Å². The number of carbonyl (C=O) groups excluding carboxylic acids is 2. The molecule has 0 aliphatic carbocycles. The van der Waals surface area contributed by atoms with Crippen LogP contribution < -0.4 is 9.47 Å². The Labute approximate surface area is 157 Å². The molecular weight excluding hydrogens is 350 g/mol. The van der Waals surface area contributed by atoms with Gasteiger partial charge in [0.15, 0.2) is 0 Å². The van der Waals surface area contributed by atoms with Crippen LogP contribution >= 0.6 is 0 Å². The maximum Gasteiger partial charge on any atom is 0.259 e. The molecule has 1 fully saturated rings. The maximum atomic E-state index is 12.8. The van der Waals surface area contributed by atoms with Crippen molar-refractivity contribution in [1.29, 1.82) is 0 Å². The van der Waals surface area contributed by atoms with Gasteiger partial charge in [-0.3, -0.25) is 9.59 Å². The second-order valence-corrected chi connectivity index (χ2v) is 6.38. The Kier molecular flexibility index (Phi) is 5.34. The standard InChI is InChI=1S/C19H23N3O5/c1-12-17(13(2)27-20-12)19(24)22-7-5-21(6-8-22)18(23)14-9-15(25-3)11-16(10-14)26-4/h9-11H,5-8H2,1-4H3. The van der Waals surface area contributed by atoms with Crippen molar-refractivity contribution in [2.75, 3.05) is 40.4 Å². The van der Waals surface area contributed by atoms with Gasteiger partial charge in [-0.15, -0.1) is 0 Å². The fourth-order valence-electron chi connectivity index (χ4n) is 3.17. The van der Waals surface area contributed by atoms with Crippen molar-refractivity contribution < 1.29 is 23.6 Å². The Hall–Kier alpha value is -3.03. The van der Waals surface area contributed by atoms with Crippen molar-refractivity contribution in [2.45, 2.75) is 13.8 Å². The first-order valence-electron chi connectivity index (χ1n) is 8.69. The van der Waals surface area contributed by atoms with Gasteiger partial charge in [-0.25, -0.2) is 0 Å². The molecule has 1 aliphatic heterocycles. The van der Waals surface area contributed by atoms with E-state index in [1.807, 2.05) is 0 Å². The molecular formula is C19H23N3O5. The minimum absolute atomic E-state index is 0.110. The number of carbonyl (C=O) groups is 2. The molecule has 1 saturated heterocycles. The lowest BCUT2D eigenvalue weighted by Gasteiger charge is -2.34. The second kappa shape index (κ2) is 7.69. The Bertz CT molecular complexity index is 811. The third-order valence-electron chi connectivity index (χ3n) is 4.70. The van der Waals surface area contributed by atoms with Crippen molar-refractivity contribution in [3.8, 4) is 11.5 Å². The Morgan fingerprint density at radius 2 is 1.44 bits per heavy atom. The second-order valence-electron chi connectivity index (χ2n) is 6.38. The van der Waals surface area contributed by atoms with Crippen molar-refractivity contribution in [1.82, 2.24) is 15.0 Å². The SMILES string of the molecule is COc1cc(OC)cc(C(=O)N2CCN(C(=O)c3c(C)noc3C)CC2)c1. The topological polar surface area (TPSA) is 85.1 Å². The fourth-order valence-corrected chi connectivity index (χ4v) is 3.17. The third-order valence-corrected chi connectivity index (χ3v) is 4.70. The number of nitrogens with zero attached hydrogens (tertiary/aromatic N) is 3. The summed E-state index contributed by atoms with van der Waals surface area (Å²) in [6, 6.07) is 5.09. The normalized spacial score (nSPS) is 14.2. The van der Waals surface area contributed by atoms with Gasteiger partial charge in [-0.1, -0.05) is 5.16 Å². The van der Waals surface area contributed by atoms with Gasteiger partial charge >= 0.3 is 0 Å². The van der Waals surface area contributed by atoms with Crippen LogP contribution in [-0.2, 0) is 0 Å². The lowest BCUT2D eigenvalue weighted by Crippen LogP contribution is -2.50. The summed E-state index contributed by atoms with van der Waals surface area (Å²) >= 11 is 0. The van der Waals surface area contributed by atoms with Gasteiger partial charge in [0.25, 0.3) is 11.8 Å². The lowest BCUT2D eigenvalue weighted by atomic mass is 10.1. The van der Waals surface area contributed by atoms with Gasteiger partial charge in [-0.2, -0.15) is 0 Å². The molecule has 1 aromatic heterocycles. The van der Waals surface area contributed by atoms with Crippen LogP contribution in [-0.4, -0.2) is 67.2 Å². The summed E-state index contributed by atoms with van der Waals surface area (Å²) in [5, 5.41) is 3.84. The van der Waals surface area contributed by atoms with Gasteiger partial charge in [0.1, 0.15) is 22.8 Å². The van der Waals surface area contributed by atoms with Crippen molar-refractivity contribution in [2.24, 2.45) is 0 Å². The number of aromatic nitrogens is 1. The summed E-state index contributed by atoms with van der Waals surface area (Å²) in [5.74, 6) is 1.41. The zero-order valence-electron chi connectivity index (χ0n) is 15.9. The average Bonchev–Trinajstić information content (AvgIpc) is 3.04. The quantitative estimate of drug-likeness (QED) is 0.814. The van der Waals surface area contributed by atoms with Crippen LogP contribution in [0.5, 0.6) is 11.5 Å². The maximum absolute atomic E-state index is 12.8. The Morgan fingerprint density at radius 3 is 1.89 bits per heavy atom. The van der Waals surface area contributed by atoms with Crippen LogP contribution in [0.4, 0.5) is 0 Å². The minimum Gasteiger partial charge on any atom is -0.497 e. The molecule has 144 valence electrons. The van der Waals surface area contributed by atoms with E-state index in [-0.39, 0.29) is 11.8 Å². The van der Waals surface area contributed by atoms with Crippen LogP contribution in [0.1, 0.15) is 32.2 Å². The molecule has 0 spiro atoms. The summed E-state index contributed by atoms with van der Waals surface area (Å²) in [5.41, 5.74) is 1.59. The number of benzene rings is 1. The highest BCUT2D eigenvalue weighted by Gasteiger charge is 2.29. The molecule has 0 atom stereocenters. The fraction of sp³-hybridized carbons (Fsp3) is 0.421. The van der Waals surface area contributed by atoms with Crippen LogP contribution in [0.2, 0.25) is 0 Å². The van der Waals surface area contributed by atoms with Gasteiger partial charge in [0.05, 0.1) is 19.9 Å². The summed E-state index contributed by atoms with van der Waals surface area (Å²) in [6.07, 6.45) is 0. The predicted octanol–water partition coefficient (Wildman–Crippen LogP) is 1.91. The molecule has 0 radical (unpaired) electrons. The third kappa shape index (κ3) is 3.74. The van der Waals surface area contributed by atoms with E-state index in [0.717, 1.165) is 0 Å². The van der Waals surface area contributed by atoms with E-state index < -0.39 is 0 Å². The smallest absolute Gasteiger partial charge is 0.259 e. The predicted molar refractivity (Wildman–Crippen MR) is 97.3 cm³/mol. The first kappa shape index (κ1) is 18.8. The first-order valence-corrected chi connectivity index (χ1v) is 8.69.